The van der Waals surface area contributed by atoms with Gasteiger partial charge < -0.3 is 4.98 Å². The molecule has 0 saturated heterocycles. The Kier molecular flexibility index (Phi) is 5.49. The van der Waals surface area contributed by atoms with Crippen LogP contribution in [0.3, 0.4) is 0 Å². The van der Waals surface area contributed by atoms with Crippen LogP contribution in [0.5, 0.6) is 0 Å². The van der Waals surface area contributed by atoms with Crippen molar-refractivity contribution in [1.82, 2.24) is 24.7 Å². The topological polar surface area (TPSA) is 93.5 Å². The molecule has 5 rings (SSSR count). The summed E-state index contributed by atoms with van der Waals surface area (Å²) in [6.45, 7) is 1.90. The molecule has 0 fully saturated rings. The SMILES string of the molecule is Cc1ccc(S(=O)(=O)CCc2ccc(-c3ccnc4nc(-c5cnn(C)c5)[nH]c34)cc2F)cc1. The Morgan fingerprint density at radius 3 is 2.56 bits per heavy atom. The lowest BCUT2D eigenvalue weighted by Gasteiger charge is -2.08. The third-order valence-electron chi connectivity index (χ3n) is 5.75. The number of hydrogen-bond acceptors (Lipinski definition) is 5. The number of pyridine rings is 1. The fourth-order valence-corrected chi connectivity index (χ4v) is 5.13. The number of aryl methyl sites for hydroxylation is 3. The molecule has 0 aliphatic heterocycles. The second kappa shape index (κ2) is 8.49. The summed E-state index contributed by atoms with van der Waals surface area (Å²) in [6, 6.07) is 13.3. The number of benzene rings is 2. The first-order valence-corrected chi connectivity index (χ1v) is 12.4. The van der Waals surface area contributed by atoms with Gasteiger partial charge in [-0.2, -0.15) is 5.10 Å². The van der Waals surface area contributed by atoms with E-state index in [4.69, 9.17) is 0 Å². The number of aromatic amines is 1. The van der Waals surface area contributed by atoms with Crippen LogP contribution in [0.1, 0.15) is 11.1 Å². The molecule has 0 radical (unpaired) electrons. The highest BCUT2D eigenvalue weighted by atomic mass is 32.2. The van der Waals surface area contributed by atoms with Gasteiger partial charge in [0.15, 0.2) is 15.5 Å². The van der Waals surface area contributed by atoms with Gasteiger partial charge in [-0.05, 0) is 48.7 Å². The van der Waals surface area contributed by atoms with Crippen LogP contribution >= 0.6 is 0 Å². The minimum atomic E-state index is -3.50. The largest absolute Gasteiger partial charge is 0.336 e. The van der Waals surface area contributed by atoms with E-state index in [0.29, 0.717) is 28.1 Å². The monoisotopic (exact) mass is 475 g/mol. The van der Waals surface area contributed by atoms with E-state index in [1.807, 2.05) is 20.2 Å². The minimum Gasteiger partial charge on any atom is -0.336 e. The van der Waals surface area contributed by atoms with E-state index in [-0.39, 0.29) is 17.1 Å². The summed E-state index contributed by atoms with van der Waals surface area (Å²) in [5.41, 5.74) is 4.77. The number of rotatable bonds is 6. The second-order valence-electron chi connectivity index (χ2n) is 8.23. The Bertz CT molecular complexity index is 1600. The van der Waals surface area contributed by atoms with Crippen LogP contribution in [0.2, 0.25) is 0 Å². The molecule has 9 heteroatoms. The normalized spacial score (nSPS) is 11.9. The molecule has 3 aromatic heterocycles. The smallest absolute Gasteiger partial charge is 0.178 e. The Morgan fingerprint density at radius 1 is 1.06 bits per heavy atom. The lowest BCUT2D eigenvalue weighted by atomic mass is 10.0. The minimum absolute atomic E-state index is 0.0866. The number of hydrogen-bond donors (Lipinski definition) is 1. The highest BCUT2D eigenvalue weighted by Gasteiger charge is 2.17. The number of nitrogens with one attached hydrogen (secondary N) is 1. The average molecular weight is 476 g/mol. The maximum atomic E-state index is 15.0. The molecule has 0 unspecified atom stereocenters. The highest BCUT2D eigenvalue weighted by Crippen LogP contribution is 2.30. The third kappa shape index (κ3) is 4.22. The molecule has 0 atom stereocenters. The van der Waals surface area contributed by atoms with Gasteiger partial charge in [-0.1, -0.05) is 29.8 Å². The van der Waals surface area contributed by atoms with Gasteiger partial charge in [-0.25, -0.2) is 22.8 Å². The Labute approximate surface area is 196 Å². The maximum Gasteiger partial charge on any atom is 0.178 e. The summed E-state index contributed by atoms with van der Waals surface area (Å²) in [5, 5.41) is 4.17. The zero-order chi connectivity index (χ0) is 23.9. The van der Waals surface area contributed by atoms with Crippen LogP contribution in [0.25, 0.3) is 33.7 Å². The van der Waals surface area contributed by atoms with E-state index in [0.717, 1.165) is 16.7 Å². The van der Waals surface area contributed by atoms with Crippen LogP contribution in [0.15, 0.2) is 72.0 Å². The van der Waals surface area contributed by atoms with E-state index in [9.17, 15) is 12.8 Å². The number of H-pyrrole nitrogens is 1. The average Bonchev–Trinajstić information content (AvgIpc) is 3.44. The van der Waals surface area contributed by atoms with Gasteiger partial charge in [0.2, 0.25) is 0 Å². The molecule has 0 aliphatic carbocycles. The Hall–Kier alpha value is -3.85. The lowest BCUT2D eigenvalue weighted by molar-refractivity contribution is 0.591. The zero-order valence-electron chi connectivity index (χ0n) is 18.7. The number of sulfone groups is 1. The molecule has 2 aromatic carbocycles. The zero-order valence-corrected chi connectivity index (χ0v) is 19.5. The van der Waals surface area contributed by atoms with Crippen LogP contribution < -0.4 is 0 Å². The number of nitrogens with zero attached hydrogens (tertiary/aromatic N) is 4. The Balaban J connectivity index is 1.41. The van der Waals surface area contributed by atoms with Gasteiger partial charge in [0.05, 0.1) is 27.9 Å². The molecule has 0 saturated carbocycles. The fourth-order valence-electron chi connectivity index (χ4n) is 3.86. The molecule has 1 N–H and O–H groups in total. The number of fused-ring (bicyclic) bond motifs is 1. The summed E-state index contributed by atoms with van der Waals surface area (Å²) >= 11 is 0. The summed E-state index contributed by atoms with van der Waals surface area (Å²) in [6.07, 6.45) is 5.27. The first-order valence-electron chi connectivity index (χ1n) is 10.7. The molecule has 0 spiro atoms. The van der Waals surface area contributed by atoms with Crippen molar-refractivity contribution in [3.63, 3.8) is 0 Å². The predicted molar refractivity (Wildman–Crippen MR) is 128 cm³/mol. The Morgan fingerprint density at radius 2 is 1.85 bits per heavy atom. The fraction of sp³-hybridized carbons (Fsp3) is 0.160. The molecule has 5 aromatic rings. The third-order valence-corrected chi connectivity index (χ3v) is 7.49. The van der Waals surface area contributed by atoms with Crippen LogP contribution in [0, 0.1) is 12.7 Å². The molecule has 0 aliphatic rings. The molecule has 0 bridgehead atoms. The molecule has 172 valence electrons. The lowest BCUT2D eigenvalue weighted by Crippen LogP contribution is -2.10. The van der Waals surface area contributed by atoms with Crippen molar-refractivity contribution >= 4 is 21.0 Å². The van der Waals surface area contributed by atoms with Crippen molar-refractivity contribution in [3.8, 4) is 22.5 Å². The molecule has 3 heterocycles. The standard InChI is InChI=1S/C25H22FN5O2S/c1-16-3-7-20(8-4-16)34(32,33)12-10-17-5-6-18(13-22(17)26)21-9-11-27-25-23(21)29-24(30-25)19-14-28-31(2)15-19/h3-9,11,13-15H,10,12H2,1-2H3,(H,27,29,30). The van der Waals surface area contributed by atoms with E-state index >= 15 is 0 Å². The number of halogens is 1. The summed E-state index contributed by atoms with van der Waals surface area (Å²) < 4.78 is 42.0. The van der Waals surface area contributed by atoms with Crippen molar-refractivity contribution in [3.05, 3.63) is 84.1 Å². The molecule has 0 amide bonds. The number of aromatic nitrogens is 5. The van der Waals surface area contributed by atoms with E-state index in [2.05, 4.69) is 20.1 Å². The summed E-state index contributed by atoms with van der Waals surface area (Å²) in [7, 11) is -1.67. The molecule has 7 nitrogen and oxygen atoms in total. The quantitative estimate of drug-likeness (QED) is 0.391. The van der Waals surface area contributed by atoms with Crippen molar-refractivity contribution in [1.29, 1.82) is 0 Å². The van der Waals surface area contributed by atoms with Crippen LogP contribution in [-0.4, -0.2) is 38.9 Å². The van der Waals surface area contributed by atoms with Crippen molar-refractivity contribution in [2.24, 2.45) is 7.05 Å². The van der Waals surface area contributed by atoms with Crippen molar-refractivity contribution < 1.29 is 12.8 Å². The van der Waals surface area contributed by atoms with Gasteiger partial charge >= 0.3 is 0 Å². The summed E-state index contributed by atoms with van der Waals surface area (Å²) in [4.78, 5) is 12.4. The van der Waals surface area contributed by atoms with Crippen molar-refractivity contribution in [2.75, 3.05) is 5.75 Å². The van der Waals surface area contributed by atoms with E-state index < -0.39 is 15.7 Å². The number of imidazole rings is 1. The summed E-state index contributed by atoms with van der Waals surface area (Å²) in [5.74, 6) is 0.0101. The van der Waals surface area contributed by atoms with Gasteiger partial charge in [0, 0.05) is 25.0 Å². The molecule has 34 heavy (non-hydrogen) atoms. The van der Waals surface area contributed by atoms with E-state index in [1.165, 1.54) is 6.07 Å². The highest BCUT2D eigenvalue weighted by molar-refractivity contribution is 7.91. The first kappa shape index (κ1) is 22.0. The van der Waals surface area contributed by atoms with Crippen LogP contribution in [0.4, 0.5) is 4.39 Å². The second-order valence-corrected chi connectivity index (χ2v) is 10.3. The van der Waals surface area contributed by atoms with Gasteiger partial charge in [0.25, 0.3) is 0 Å². The van der Waals surface area contributed by atoms with E-state index in [1.54, 1.807) is 59.5 Å². The van der Waals surface area contributed by atoms with Crippen LogP contribution in [-0.2, 0) is 23.3 Å². The van der Waals surface area contributed by atoms with Gasteiger partial charge in [0.1, 0.15) is 11.6 Å². The maximum absolute atomic E-state index is 15.0. The first-order chi connectivity index (χ1) is 16.3. The molecular formula is C25H22FN5O2S. The molecular weight excluding hydrogens is 453 g/mol. The van der Waals surface area contributed by atoms with Gasteiger partial charge in [-0.3, -0.25) is 4.68 Å². The van der Waals surface area contributed by atoms with Gasteiger partial charge in [-0.15, -0.1) is 0 Å². The predicted octanol–water partition coefficient (Wildman–Crippen LogP) is 4.49. The van der Waals surface area contributed by atoms with Crippen molar-refractivity contribution in [2.45, 2.75) is 18.2 Å².